The first-order valence-electron chi connectivity index (χ1n) is 10.7. The molecule has 6 nitrogen and oxygen atoms in total. The molecule has 0 aromatic carbocycles. The van der Waals surface area contributed by atoms with Crippen LogP contribution >= 0.6 is 35.7 Å². The standard InChI is InChI=1S/C21H37N5OS.HI/c1-15-16(2)27-20(24-15)14-26-10-8-17(9-11-26)13-23-21(22-3)25-18-6-5-7-19(12-18)28-4;/h17-19H,5-14H2,1-4H3,(H2,22,23,25);1H. The molecule has 2 fully saturated rings. The van der Waals surface area contributed by atoms with E-state index in [1.807, 2.05) is 32.7 Å². The zero-order valence-electron chi connectivity index (χ0n) is 18.4. The van der Waals surface area contributed by atoms with Crippen LogP contribution in [0, 0.1) is 19.8 Å². The Kier molecular flexibility index (Phi) is 10.6. The molecule has 1 aliphatic carbocycles. The highest BCUT2D eigenvalue weighted by molar-refractivity contribution is 14.0. The Balaban J connectivity index is 0.00000300. The molecule has 0 bridgehead atoms. The first kappa shape index (κ1) is 24.8. The molecule has 3 rings (SSSR count). The van der Waals surface area contributed by atoms with Gasteiger partial charge in [0.05, 0.1) is 12.2 Å². The summed E-state index contributed by atoms with van der Waals surface area (Å²) in [7, 11) is 1.88. The number of piperidine rings is 1. The van der Waals surface area contributed by atoms with Crippen LogP contribution < -0.4 is 10.6 Å². The fourth-order valence-corrected chi connectivity index (χ4v) is 5.09. The molecule has 2 aliphatic rings. The zero-order chi connectivity index (χ0) is 19.9. The van der Waals surface area contributed by atoms with Gasteiger partial charge in [-0.15, -0.1) is 24.0 Å². The van der Waals surface area contributed by atoms with Gasteiger partial charge in [0, 0.05) is 24.9 Å². The monoisotopic (exact) mass is 535 g/mol. The van der Waals surface area contributed by atoms with Gasteiger partial charge in [0.2, 0.25) is 5.89 Å². The summed E-state index contributed by atoms with van der Waals surface area (Å²) in [5.74, 6) is 3.47. The lowest BCUT2D eigenvalue weighted by molar-refractivity contribution is 0.164. The maximum absolute atomic E-state index is 5.73. The predicted molar refractivity (Wildman–Crippen MR) is 133 cm³/mol. The van der Waals surface area contributed by atoms with Crippen molar-refractivity contribution in [2.24, 2.45) is 10.9 Å². The van der Waals surface area contributed by atoms with E-state index in [9.17, 15) is 0 Å². The number of aromatic nitrogens is 1. The minimum Gasteiger partial charge on any atom is -0.444 e. The van der Waals surface area contributed by atoms with Crippen LogP contribution in [-0.2, 0) is 6.54 Å². The smallest absolute Gasteiger partial charge is 0.208 e. The van der Waals surface area contributed by atoms with Gasteiger partial charge in [-0.05, 0) is 71.2 Å². The van der Waals surface area contributed by atoms with Crippen LogP contribution in [-0.4, -0.2) is 60.1 Å². The Morgan fingerprint density at radius 2 is 2.00 bits per heavy atom. The van der Waals surface area contributed by atoms with E-state index < -0.39 is 0 Å². The number of oxazole rings is 1. The SMILES string of the molecule is CN=C(NCC1CCN(Cc2nc(C)c(C)o2)CC1)NC1CCCC(SC)C1.I. The lowest BCUT2D eigenvalue weighted by Crippen LogP contribution is -2.47. The van der Waals surface area contributed by atoms with Crippen LogP contribution in [0.3, 0.4) is 0 Å². The lowest BCUT2D eigenvalue weighted by Gasteiger charge is -2.32. The van der Waals surface area contributed by atoms with Gasteiger partial charge in [0.15, 0.2) is 5.96 Å². The molecule has 2 atom stereocenters. The fraction of sp³-hybridized carbons (Fsp3) is 0.810. The Bertz CT molecular complexity index is 626. The van der Waals surface area contributed by atoms with Crippen molar-refractivity contribution in [2.45, 2.75) is 70.2 Å². The molecule has 2 heterocycles. The van der Waals surface area contributed by atoms with Crippen LogP contribution in [0.4, 0.5) is 0 Å². The second-order valence-electron chi connectivity index (χ2n) is 8.29. The molecule has 2 unspecified atom stereocenters. The van der Waals surface area contributed by atoms with E-state index in [1.54, 1.807) is 0 Å². The van der Waals surface area contributed by atoms with Crippen LogP contribution in [0.1, 0.15) is 55.9 Å². The number of thioether (sulfide) groups is 1. The third-order valence-electron chi connectivity index (χ3n) is 6.22. The van der Waals surface area contributed by atoms with Gasteiger partial charge in [0.1, 0.15) is 5.76 Å². The van der Waals surface area contributed by atoms with E-state index in [0.717, 1.165) is 54.7 Å². The Labute approximate surface area is 197 Å². The molecule has 0 radical (unpaired) electrons. The summed E-state index contributed by atoms with van der Waals surface area (Å²) in [5.41, 5.74) is 1.01. The minimum absolute atomic E-state index is 0. The summed E-state index contributed by atoms with van der Waals surface area (Å²) in [6, 6.07) is 0.562. The number of nitrogens with one attached hydrogen (secondary N) is 2. The molecular weight excluding hydrogens is 497 g/mol. The third-order valence-corrected chi connectivity index (χ3v) is 7.32. The Morgan fingerprint density at radius 3 is 2.62 bits per heavy atom. The summed E-state index contributed by atoms with van der Waals surface area (Å²) in [6.07, 6.45) is 9.84. The second-order valence-corrected chi connectivity index (χ2v) is 9.43. The highest BCUT2D eigenvalue weighted by Crippen LogP contribution is 2.27. The molecule has 166 valence electrons. The second kappa shape index (κ2) is 12.4. The van der Waals surface area contributed by atoms with Gasteiger partial charge >= 0.3 is 0 Å². The molecule has 0 spiro atoms. The molecule has 1 aromatic heterocycles. The van der Waals surface area contributed by atoms with Gasteiger partial charge in [-0.3, -0.25) is 9.89 Å². The maximum atomic E-state index is 5.73. The van der Waals surface area contributed by atoms with E-state index in [-0.39, 0.29) is 24.0 Å². The van der Waals surface area contributed by atoms with Crippen LogP contribution in [0.15, 0.2) is 9.41 Å². The predicted octanol–water partition coefficient (Wildman–Crippen LogP) is 3.96. The van der Waals surface area contributed by atoms with Crippen molar-refractivity contribution < 1.29 is 4.42 Å². The number of hydrogen-bond acceptors (Lipinski definition) is 5. The van der Waals surface area contributed by atoms with Gasteiger partial charge in [0.25, 0.3) is 0 Å². The Hall–Kier alpha value is -0.480. The highest BCUT2D eigenvalue weighted by atomic mass is 127. The van der Waals surface area contributed by atoms with Gasteiger partial charge in [-0.1, -0.05) is 6.42 Å². The number of halogens is 1. The summed E-state index contributed by atoms with van der Waals surface area (Å²) < 4.78 is 5.73. The van der Waals surface area contributed by atoms with E-state index in [4.69, 9.17) is 4.42 Å². The molecule has 1 aliphatic heterocycles. The van der Waals surface area contributed by atoms with Crippen LogP contribution in [0.5, 0.6) is 0 Å². The molecule has 29 heavy (non-hydrogen) atoms. The lowest BCUT2D eigenvalue weighted by atomic mass is 9.95. The molecule has 1 saturated heterocycles. The van der Waals surface area contributed by atoms with E-state index in [2.05, 4.69) is 31.8 Å². The highest BCUT2D eigenvalue weighted by Gasteiger charge is 2.23. The molecular formula is C21H38IN5OS. The van der Waals surface area contributed by atoms with Crippen molar-refractivity contribution in [1.82, 2.24) is 20.5 Å². The first-order chi connectivity index (χ1) is 13.6. The number of aliphatic imine (C=N–C) groups is 1. The topological polar surface area (TPSA) is 65.7 Å². The molecule has 1 aromatic rings. The summed E-state index contributed by atoms with van der Waals surface area (Å²) in [4.78, 5) is 11.4. The number of likely N-dealkylation sites (tertiary alicyclic amines) is 1. The van der Waals surface area contributed by atoms with E-state index >= 15 is 0 Å². The fourth-order valence-electron chi connectivity index (χ4n) is 4.27. The molecule has 0 amide bonds. The van der Waals surface area contributed by atoms with Gasteiger partial charge in [-0.2, -0.15) is 11.8 Å². The summed E-state index contributed by atoms with van der Waals surface area (Å²) >= 11 is 2.01. The summed E-state index contributed by atoms with van der Waals surface area (Å²) in [5, 5.41) is 8.03. The van der Waals surface area contributed by atoms with E-state index in [1.165, 1.54) is 38.5 Å². The van der Waals surface area contributed by atoms with Crippen molar-refractivity contribution in [3.8, 4) is 0 Å². The quantitative estimate of drug-likeness (QED) is 0.327. The van der Waals surface area contributed by atoms with Crippen molar-refractivity contribution in [2.75, 3.05) is 32.9 Å². The number of aryl methyl sites for hydroxylation is 2. The minimum atomic E-state index is 0. The van der Waals surface area contributed by atoms with E-state index in [0.29, 0.717) is 12.0 Å². The number of guanidine groups is 1. The molecule has 1 saturated carbocycles. The van der Waals surface area contributed by atoms with Crippen molar-refractivity contribution in [1.29, 1.82) is 0 Å². The van der Waals surface area contributed by atoms with Gasteiger partial charge < -0.3 is 15.1 Å². The average Bonchev–Trinajstić information content (AvgIpc) is 3.03. The number of rotatable bonds is 6. The largest absolute Gasteiger partial charge is 0.444 e. The van der Waals surface area contributed by atoms with Crippen LogP contribution in [0.25, 0.3) is 0 Å². The van der Waals surface area contributed by atoms with Crippen molar-refractivity contribution >= 4 is 41.7 Å². The van der Waals surface area contributed by atoms with Gasteiger partial charge in [-0.25, -0.2) is 4.98 Å². The first-order valence-corrected chi connectivity index (χ1v) is 12.0. The van der Waals surface area contributed by atoms with Crippen molar-refractivity contribution in [3.05, 3.63) is 17.3 Å². The average molecular weight is 536 g/mol. The molecule has 8 heteroatoms. The van der Waals surface area contributed by atoms with Crippen LogP contribution in [0.2, 0.25) is 0 Å². The maximum Gasteiger partial charge on any atom is 0.208 e. The third kappa shape index (κ3) is 7.61. The Morgan fingerprint density at radius 1 is 1.24 bits per heavy atom. The normalized spacial score (nSPS) is 24.2. The van der Waals surface area contributed by atoms with Crippen molar-refractivity contribution in [3.63, 3.8) is 0 Å². The summed E-state index contributed by atoms with van der Waals surface area (Å²) in [6.45, 7) is 8.04. The number of hydrogen-bond donors (Lipinski definition) is 2. The zero-order valence-corrected chi connectivity index (χ0v) is 21.5. The molecule has 2 N–H and O–H groups in total. The number of nitrogens with zero attached hydrogens (tertiary/aromatic N) is 3.